The van der Waals surface area contributed by atoms with E-state index in [-0.39, 0.29) is 5.78 Å². The van der Waals surface area contributed by atoms with Crippen molar-refractivity contribution < 1.29 is 14.3 Å². The number of rotatable bonds is 4. The Morgan fingerprint density at radius 3 is 2.39 bits per heavy atom. The predicted octanol–water partition coefficient (Wildman–Crippen LogP) is 6.26. The normalized spacial score (nSPS) is 14.1. The second-order valence-electron chi connectivity index (χ2n) is 6.83. The van der Waals surface area contributed by atoms with Crippen LogP contribution in [0.3, 0.4) is 0 Å². The average Bonchev–Trinajstić information content (AvgIpc) is 3.01. The zero-order valence-electron chi connectivity index (χ0n) is 15.7. The lowest BCUT2D eigenvalue weighted by Gasteiger charge is -2.11. The molecule has 0 radical (unpaired) electrons. The Kier molecular flexibility index (Phi) is 5.05. The molecule has 0 N–H and O–H groups in total. The first kappa shape index (κ1) is 18.5. The fourth-order valence-corrected chi connectivity index (χ4v) is 3.34. The van der Waals surface area contributed by atoms with Crippen molar-refractivity contribution in [1.29, 1.82) is 0 Å². The SMILES string of the molecule is Cc1ccc(/C=C2\Oc3c(ccc(OCc4ccc(Br)cc4)c3C)C2=O)cc1. The summed E-state index contributed by atoms with van der Waals surface area (Å²) < 4.78 is 12.9. The maximum Gasteiger partial charge on any atom is 0.231 e. The summed E-state index contributed by atoms with van der Waals surface area (Å²) in [5, 5.41) is 0. The van der Waals surface area contributed by atoms with Crippen molar-refractivity contribution in [2.45, 2.75) is 20.5 Å². The van der Waals surface area contributed by atoms with Crippen molar-refractivity contribution in [2.24, 2.45) is 0 Å². The first-order valence-corrected chi connectivity index (χ1v) is 9.82. The fraction of sp³-hybridized carbons (Fsp3) is 0.125. The molecule has 28 heavy (non-hydrogen) atoms. The number of fused-ring (bicyclic) bond motifs is 1. The molecule has 1 aliphatic heterocycles. The first-order chi connectivity index (χ1) is 13.5. The van der Waals surface area contributed by atoms with Crippen molar-refractivity contribution in [3.8, 4) is 11.5 Å². The van der Waals surface area contributed by atoms with E-state index < -0.39 is 0 Å². The van der Waals surface area contributed by atoms with Crippen molar-refractivity contribution >= 4 is 27.8 Å². The maximum atomic E-state index is 12.7. The molecule has 0 bridgehead atoms. The van der Waals surface area contributed by atoms with Gasteiger partial charge in [-0.15, -0.1) is 0 Å². The van der Waals surface area contributed by atoms with Gasteiger partial charge < -0.3 is 9.47 Å². The Bertz CT molecular complexity index is 1060. The van der Waals surface area contributed by atoms with Crippen LogP contribution >= 0.6 is 15.9 Å². The standard InChI is InChI=1S/C24H19BrO3/c1-15-3-5-17(6-4-15)13-22-23(26)20-11-12-21(16(2)24(20)28-22)27-14-18-7-9-19(25)10-8-18/h3-13H,14H2,1-2H3/b22-13-. The molecule has 4 rings (SSSR count). The number of hydrogen-bond donors (Lipinski definition) is 0. The Labute approximate surface area is 172 Å². The van der Waals surface area contributed by atoms with Crippen LogP contribution < -0.4 is 9.47 Å². The Hall–Kier alpha value is -2.85. The third-order valence-corrected chi connectivity index (χ3v) is 5.25. The fourth-order valence-electron chi connectivity index (χ4n) is 3.08. The number of carbonyl (C=O) groups is 1. The summed E-state index contributed by atoms with van der Waals surface area (Å²) in [5.41, 5.74) is 4.58. The van der Waals surface area contributed by atoms with Crippen LogP contribution in [0.2, 0.25) is 0 Å². The smallest absolute Gasteiger partial charge is 0.231 e. The van der Waals surface area contributed by atoms with E-state index in [4.69, 9.17) is 9.47 Å². The molecular formula is C24H19BrO3. The quantitative estimate of drug-likeness (QED) is 0.454. The summed E-state index contributed by atoms with van der Waals surface area (Å²) in [7, 11) is 0. The van der Waals surface area contributed by atoms with Crippen molar-refractivity contribution in [3.63, 3.8) is 0 Å². The van der Waals surface area contributed by atoms with E-state index in [1.807, 2.05) is 68.4 Å². The molecule has 1 heterocycles. The molecule has 0 amide bonds. The molecule has 140 valence electrons. The minimum absolute atomic E-state index is 0.0989. The van der Waals surface area contributed by atoms with Gasteiger partial charge in [0.05, 0.1) is 5.56 Å². The molecular weight excluding hydrogens is 416 g/mol. The molecule has 3 nitrogen and oxygen atoms in total. The van der Waals surface area contributed by atoms with Crippen LogP contribution in [0, 0.1) is 13.8 Å². The van der Waals surface area contributed by atoms with Crippen LogP contribution in [0.1, 0.15) is 32.6 Å². The first-order valence-electron chi connectivity index (χ1n) is 9.03. The van der Waals surface area contributed by atoms with Gasteiger partial charge in [0.1, 0.15) is 18.1 Å². The maximum absolute atomic E-state index is 12.7. The predicted molar refractivity (Wildman–Crippen MR) is 114 cm³/mol. The summed E-state index contributed by atoms with van der Waals surface area (Å²) >= 11 is 3.43. The van der Waals surface area contributed by atoms with Gasteiger partial charge in [-0.05, 0) is 55.3 Å². The van der Waals surface area contributed by atoms with Crippen LogP contribution in [0.4, 0.5) is 0 Å². The van der Waals surface area contributed by atoms with E-state index in [2.05, 4.69) is 15.9 Å². The average molecular weight is 435 g/mol. The monoisotopic (exact) mass is 434 g/mol. The number of carbonyl (C=O) groups excluding carboxylic acids is 1. The van der Waals surface area contributed by atoms with E-state index in [1.54, 1.807) is 12.1 Å². The molecule has 3 aromatic rings. The molecule has 0 aromatic heterocycles. The molecule has 0 saturated heterocycles. The van der Waals surface area contributed by atoms with Gasteiger partial charge in [0.15, 0.2) is 5.76 Å². The van der Waals surface area contributed by atoms with E-state index in [1.165, 1.54) is 5.56 Å². The lowest BCUT2D eigenvalue weighted by atomic mass is 10.1. The number of benzene rings is 3. The molecule has 0 atom stereocenters. The number of Topliss-reactive ketones (excluding diaryl/α,β-unsaturated/α-hetero) is 1. The van der Waals surface area contributed by atoms with Crippen molar-refractivity contribution in [1.82, 2.24) is 0 Å². The lowest BCUT2D eigenvalue weighted by Crippen LogP contribution is -1.98. The molecule has 1 aliphatic rings. The van der Waals surface area contributed by atoms with E-state index in [0.717, 1.165) is 21.2 Å². The van der Waals surface area contributed by atoms with Crippen LogP contribution in [0.5, 0.6) is 11.5 Å². The highest BCUT2D eigenvalue weighted by atomic mass is 79.9. The van der Waals surface area contributed by atoms with Crippen LogP contribution in [-0.4, -0.2) is 5.78 Å². The summed E-state index contributed by atoms with van der Waals surface area (Å²) in [5.74, 6) is 1.54. The minimum Gasteiger partial charge on any atom is -0.488 e. The van der Waals surface area contributed by atoms with Crippen molar-refractivity contribution in [3.05, 3.63) is 98.7 Å². The molecule has 3 aromatic carbocycles. The zero-order valence-corrected chi connectivity index (χ0v) is 17.2. The summed E-state index contributed by atoms with van der Waals surface area (Å²) in [6, 6.07) is 19.6. The number of ether oxygens (including phenoxy) is 2. The third-order valence-electron chi connectivity index (χ3n) is 4.72. The van der Waals surface area contributed by atoms with E-state index in [9.17, 15) is 4.79 Å². The number of aryl methyl sites for hydroxylation is 1. The molecule has 0 aliphatic carbocycles. The highest BCUT2D eigenvalue weighted by Crippen LogP contribution is 2.39. The number of halogens is 1. The largest absolute Gasteiger partial charge is 0.488 e. The van der Waals surface area contributed by atoms with Crippen LogP contribution in [0.15, 0.2) is 70.9 Å². The van der Waals surface area contributed by atoms with Gasteiger partial charge in [0.2, 0.25) is 5.78 Å². The number of ketones is 1. The topological polar surface area (TPSA) is 35.5 Å². The zero-order chi connectivity index (χ0) is 19.7. The van der Waals surface area contributed by atoms with Gasteiger partial charge >= 0.3 is 0 Å². The van der Waals surface area contributed by atoms with Gasteiger partial charge in [-0.3, -0.25) is 4.79 Å². The molecule has 0 saturated carbocycles. The van der Waals surface area contributed by atoms with Crippen molar-refractivity contribution in [2.75, 3.05) is 0 Å². The van der Waals surface area contributed by atoms with Crippen LogP contribution in [0.25, 0.3) is 6.08 Å². The van der Waals surface area contributed by atoms with Gasteiger partial charge in [0, 0.05) is 10.0 Å². The highest BCUT2D eigenvalue weighted by Gasteiger charge is 2.30. The number of allylic oxidation sites excluding steroid dienone is 1. The minimum atomic E-state index is -0.0989. The van der Waals surface area contributed by atoms with Gasteiger partial charge in [0.25, 0.3) is 0 Å². The number of hydrogen-bond acceptors (Lipinski definition) is 3. The van der Waals surface area contributed by atoms with Gasteiger partial charge in [-0.1, -0.05) is 57.9 Å². The van der Waals surface area contributed by atoms with E-state index in [0.29, 0.717) is 29.4 Å². The second kappa shape index (κ2) is 7.64. The van der Waals surface area contributed by atoms with Gasteiger partial charge in [-0.2, -0.15) is 0 Å². The molecule has 4 heteroatoms. The summed E-state index contributed by atoms with van der Waals surface area (Å²) in [4.78, 5) is 12.7. The summed E-state index contributed by atoms with van der Waals surface area (Å²) in [6.45, 7) is 4.40. The lowest BCUT2D eigenvalue weighted by molar-refractivity contribution is 0.101. The molecule has 0 unspecified atom stereocenters. The highest BCUT2D eigenvalue weighted by molar-refractivity contribution is 9.10. The molecule has 0 spiro atoms. The Morgan fingerprint density at radius 1 is 0.964 bits per heavy atom. The Balaban J connectivity index is 1.56. The Morgan fingerprint density at radius 2 is 1.68 bits per heavy atom. The molecule has 0 fully saturated rings. The van der Waals surface area contributed by atoms with Gasteiger partial charge in [-0.25, -0.2) is 0 Å². The van der Waals surface area contributed by atoms with E-state index >= 15 is 0 Å². The third kappa shape index (κ3) is 3.73. The van der Waals surface area contributed by atoms with Crippen LogP contribution in [-0.2, 0) is 6.61 Å². The second-order valence-corrected chi connectivity index (χ2v) is 7.75. The summed E-state index contributed by atoms with van der Waals surface area (Å²) in [6.07, 6.45) is 1.78.